The number of morpholine rings is 1. The number of rotatable bonds is 2. The normalized spacial score (nSPS) is 16.5. The predicted octanol–water partition coefficient (Wildman–Crippen LogP) is 2.16. The zero-order valence-corrected chi connectivity index (χ0v) is 16.2. The van der Waals surface area contributed by atoms with Gasteiger partial charge in [-0.25, -0.2) is 9.97 Å². The van der Waals surface area contributed by atoms with Crippen molar-refractivity contribution >= 4 is 45.6 Å². The first-order valence-electron chi connectivity index (χ1n) is 9.64. The fourth-order valence-corrected chi connectivity index (χ4v) is 4.04. The summed E-state index contributed by atoms with van der Waals surface area (Å²) in [6.45, 7) is 4.80. The Morgan fingerprint density at radius 2 is 1.72 bits per heavy atom. The van der Waals surface area contributed by atoms with Crippen molar-refractivity contribution in [2.24, 2.45) is 0 Å². The molecule has 2 aliphatic rings. The van der Waals surface area contributed by atoms with Crippen LogP contribution in [-0.4, -0.2) is 42.2 Å². The summed E-state index contributed by atoms with van der Waals surface area (Å²) in [6, 6.07) is 9.77. The lowest BCUT2D eigenvalue weighted by Gasteiger charge is -2.28. The van der Waals surface area contributed by atoms with Gasteiger partial charge in [-0.15, -0.1) is 0 Å². The zero-order chi connectivity index (χ0) is 20.1. The fourth-order valence-electron chi connectivity index (χ4n) is 4.04. The molecule has 1 fully saturated rings. The van der Waals surface area contributed by atoms with Crippen LogP contribution in [0.3, 0.4) is 0 Å². The molecule has 2 aliphatic heterocycles. The zero-order valence-electron chi connectivity index (χ0n) is 16.2. The maximum Gasteiger partial charge on any atom is 0.237 e. The molecule has 8 heteroatoms. The third-order valence-electron chi connectivity index (χ3n) is 5.53. The summed E-state index contributed by atoms with van der Waals surface area (Å²) in [6.07, 6.45) is 0.249. The van der Waals surface area contributed by atoms with Crippen LogP contribution in [0.5, 0.6) is 0 Å². The van der Waals surface area contributed by atoms with Crippen LogP contribution < -0.4 is 21.3 Å². The van der Waals surface area contributed by atoms with E-state index in [2.05, 4.69) is 14.9 Å². The molecule has 1 amide bonds. The molecule has 148 valence electrons. The van der Waals surface area contributed by atoms with E-state index in [1.54, 1.807) is 4.90 Å². The van der Waals surface area contributed by atoms with Crippen molar-refractivity contribution in [3.63, 3.8) is 0 Å². The molecule has 4 heterocycles. The van der Waals surface area contributed by atoms with Crippen LogP contribution in [0.25, 0.3) is 10.8 Å². The van der Waals surface area contributed by atoms with E-state index < -0.39 is 0 Å². The van der Waals surface area contributed by atoms with Gasteiger partial charge in [0.05, 0.1) is 30.7 Å². The van der Waals surface area contributed by atoms with Gasteiger partial charge in [0, 0.05) is 24.0 Å². The summed E-state index contributed by atoms with van der Waals surface area (Å²) in [5, 5.41) is 1.45. The van der Waals surface area contributed by atoms with E-state index in [9.17, 15) is 4.79 Å². The number of pyridine rings is 2. The molecule has 5 rings (SSSR count). The highest BCUT2D eigenvalue weighted by Gasteiger charge is 2.33. The van der Waals surface area contributed by atoms with Gasteiger partial charge in [-0.2, -0.15) is 0 Å². The van der Waals surface area contributed by atoms with E-state index in [1.165, 1.54) is 0 Å². The number of aromatic nitrogens is 2. The Hall–Kier alpha value is -3.39. The molecule has 0 aliphatic carbocycles. The highest BCUT2D eigenvalue weighted by molar-refractivity contribution is 6.14. The molecule has 0 saturated carbocycles. The predicted molar refractivity (Wildman–Crippen MR) is 113 cm³/mol. The Labute approximate surface area is 168 Å². The van der Waals surface area contributed by atoms with Crippen molar-refractivity contribution in [1.82, 2.24) is 9.97 Å². The summed E-state index contributed by atoms with van der Waals surface area (Å²) in [5.41, 5.74) is 15.3. The van der Waals surface area contributed by atoms with Crippen LogP contribution in [0, 0.1) is 6.92 Å². The lowest BCUT2D eigenvalue weighted by molar-refractivity contribution is -0.116. The number of nitrogens with two attached hydrogens (primary N) is 2. The van der Waals surface area contributed by atoms with Gasteiger partial charge < -0.3 is 21.1 Å². The molecular formula is C21H22N6O2. The van der Waals surface area contributed by atoms with Crippen LogP contribution >= 0.6 is 0 Å². The SMILES string of the molecule is Cc1ccc(N2C(=O)Cc3c2nc(N)c2c(N)nc(N4CCOCC4)cc32)cc1. The Balaban J connectivity index is 1.69. The van der Waals surface area contributed by atoms with E-state index in [0.29, 0.717) is 30.2 Å². The van der Waals surface area contributed by atoms with Crippen molar-refractivity contribution in [1.29, 1.82) is 0 Å². The Morgan fingerprint density at radius 3 is 2.45 bits per heavy atom. The molecule has 4 N–H and O–H groups in total. The van der Waals surface area contributed by atoms with Crippen molar-refractivity contribution in [3.05, 3.63) is 41.5 Å². The third-order valence-corrected chi connectivity index (χ3v) is 5.53. The molecule has 0 spiro atoms. The van der Waals surface area contributed by atoms with Gasteiger partial charge in [-0.05, 0) is 25.1 Å². The Bertz CT molecular complexity index is 1120. The minimum Gasteiger partial charge on any atom is -0.383 e. The first kappa shape index (κ1) is 17.7. The van der Waals surface area contributed by atoms with Crippen LogP contribution in [0.2, 0.25) is 0 Å². The first-order chi connectivity index (χ1) is 14.0. The number of nitrogens with zero attached hydrogens (tertiary/aromatic N) is 4. The summed E-state index contributed by atoms with van der Waals surface area (Å²) in [7, 11) is 0. The Kier molecular flexibility index (Phi) is 4.02. The smallest absolute Gasteiger partial charge is 0.237 e. The standard InChI is InChI=1S/C21H22N6O2/c1-12-2-4-13(5-3-12)27-17(28)11-15-14-10-16(26-6-8-29-9-7-26)24-19(22)18(14)20(23)25-21(15)27/h2-5,10H,6-9,11H2,1H3,(H2,22,24)(H2,23,25). The molecule has 3 aromatic rings. The average molecular weight is 390 g/mol. The number of hydrogen-bond donors (Lipinski definition) is 2. The molecule has 0 atom stereocenters. The second kappa shape index (κ2) is 6.59. The number of aryl methyl sites for hydroxylation is 1. The summed E-state index contributed by atoms with van der Waals surface area (Å²) in [4.78, 5) is 25.8. The van der Waals surface area contributed by atoms with Gasteiger partial charge in [0.2, 0.25) is 5.91 Å². The molecule has 0 unspecified atom stereocenters. The summed E-state index contributed by atoms with van der Waals surface area (Å²) >= 11 is 0. The second-order valence-electron chi connectivity index (χ2n) is 7.43. The van der Waals surface area contributed by atoms with Crippen LogP contribution in [0.15, 0.2) is 30.3 Å². The molecule has 8 nitrogen and oxygen atoms in total. The van der Waals surface area contributed by atoms with Crippen LogP contribution in [0.1, 0.15) is 11.1 Å². The molecular weight excluding hydrogens is 368 g/mol. The van der Waals surface area contributed by atoms with E-state index in [4.69, 9.17) is 16.2 Å². The Morgan fingerprint density at radius 1 is 1.03 bits per heavy atom. The molecule has 2 aromatic heterocycles. The number of hydrogen-bond acceptors (Lipinski definition) is 7. The molecule has 1 aromatic carbocycles. The highest BCUT2D eigenvalue weighted by atomic mass is 16.5. The van der Waals surface area contributed by atoms with E-state index >= 15 is 0 Å². The minimum atomic E-state index is -0.0356. The van der Waals surface area contributed by atoms with Crippen molar-refractivity contribution in [3.8, 4) is 0 Å². The number of carbonyl (C=O) groups excluding carboxylic acids is 1. The molecule has 29 heavy (non-hydrogen) atoms. The summed E-state index contributed by atoms with van der Waals surface area (Å²) in [5.74, 6) is 1.92. The van der Waals surface area contributed by atoms with Crippen molar-refractivity contribution < 1.29 is 9.53 Å². The van der Waals surface area contributed by atoms with Crippen molar-refractivity contribution in [2.75, 3.05) is 47.6 Å². The number of anilines is 5. The van der Waals surface area contributed by atoms with Gasteiger partial charge >= 0.3 is 0 Å². The van der Waals surface area contributed by atoms with E-state index in [0.717, 1.165) is 41.1 Å². The quantitative estimate of drug-likeness (QED) is 0.690. The maximum atomic E-state index is 12.9. The second-order valence-corrected chi connectivity index (χ2v) is 7.43. The van der Waals surface area contributed by atoms with Crippen molar-refractivity contribution in [2.45, 2.75) is 13.3 Å². The van der Waals surface area contributed by atoms with Crippen LogP contribution in [-0.2, 0) is 16.0 Å². The van der Waals surface area contributed by atoms with Crippen LogP contribution in [0.4, 0.5) is 29.0 Å². The maximum absolute atomic E-state index is 12.9. The largest absolute Gasteiger partial charge is 0.383 e. The van der Waals surface area contributed by atoms with Gasteiger partial charge in [0.15, 0.2) is 0 Å². The topological polar surface area (TPSA) is 111 Å². The number of ether oxygens (including phenoxy) is 1. The van der Waals surface area contributed by atoms with Gasteiger partial charge in [0.25, 0.3) is 0 Å². The number of amides is 1. The van der Waals surface area contributed by atoms with Gasteiger partial charge in [-0.3, -0.25) is 9.69 Å². The number of benzene rings is 1. The number of fused-ring (bicyclic) bond motifs is 3. The summed E-state index contributed by atoms with van der Waals surface area (Å²) < 4.78 is 5.44. The van der Waals surface area contributed by atoms with E-state index in [-0.39, 0.29) is 18.1 Å². The minimum absolute atomic E-state index is 0.0356. The van der Waals surface area contributed by atoms with Gasteiger partial charge in [-0.1, -0.05) is 17.7 Å². The molecule has 0 bridgehead atoms. The third kappa shape index (κ3) is 2.84. The number of nitrogen functional groups attached to an aromatic ring is 2. The lowest BCUT2D eigenvalue weighted by Crippen LogP contribution is -2.36. The fraction of sp³-hybridized carbons (Fsp3) is 0.286. The highest BCUT2D eigenvalue weighted by Crippen LogP contribution is 2.42. The lowest BCUT2D eigenvalue weighted by atomic mass is 10.1. The average Bonchev–Trinajstić information content (AvgIpc) is 3.05. The molecule has 0 radical (unpaired) electrons. The first-order valence-corrected chi connectivity index (χ1v) is 9.64. The van der Waals surface area contributed by atoms with Gasteiger partial charge in [0.1, 0.15) is 23.3 Å². The molecule has 1 saturated heterocycles. The van der Waals surface area contributed by atoms with E-state index in [1.807, 2.05) is 37.3 Å². The monoisotopic (exact) mass is 390 g/mol. The number of carbonyl (C=O) groups is 1.